The molecule has 0 aromatic carbocycles. The van der Waals surface area contributed by atoms with Crippen LogP contribution in [0.25, 0.3) is 0 Å². The highest BCUT2D eigenvalue weighted by atomic mass is 79.9. The molecule has 1 atom stereocenters. The largest absolute Gasteiger partial charge is 0.336 e. The number of hydrogen-bond acceptors (Lipinski definition) is 2. The van der Waals surface area contributed by atoms with E-state index in [1.807, 2.05) is 24.0 Å². The number of amides is 1. The van der Waals surface area contributed by atoms with Gasteiger partial charge in [-0.25, -0.2) is 4.98 Å². The van der Waals surface area contributed by atoms with Gasteiger partial charge < -0.3 is 4.90 Å². The van der Waals surface area contributed by atoms with Gasteiger partial charge in [-0.3, -0.25) is 4.79 Å². The van der Waals surface area contributed by atoms with E-state index < -0.39 is 0 Å². The summed E-state index contributed by atoms with van der Waals surface area (Å²) >= 11 is 3.52. The zero-order valence-electron chi connectivity index (χ0n) is 8.61. The molecule has 0 bridgehead atoms. The Hall–Kier alpha value is -0.900. The maximum absolute atomic E-state index is 12.0. The first-order chi connectivity index (χ1) is 7.16. The van der Waals surface area contributed by atoms with Crippen molar-refractivity contribution in [2.75, 3.05) is 13.1 Å². The van der Waals surface area contributed by atoms with E-state index in [2.05, 4.69) is 20.9 Å². The molecule has 1 aromatic rings. The maximum Gasteiger partial charge on any atom is 0.272 e. The van der Waals surface area contributed by atoms with Gasteiger partial charge in [-0.15, -0.1) is 0 Å². The SMILES string of the molecule is Cc1cccc(C(=O)N2CCC(Br)C2)n1. The number of carbonyl (C=O) groups excluding carboxylic acids is 1. The van der Waals surface area contributed by atoms with Crippen molar-refractivity contribution in [1.82, 2.24) is 9.88 Å². The third kappa shape index (κ3) is 2.37. The molecule has 1 aliphatic rings. The van der Waals surface area contributed by atoms with Gasteiger partial charge in [0.2, 0.25) is 0 Å². The van der Waals surface area contributed by atoms with Crippen LogP contribution in [0.1, 0.15) is 22.6 Å². The molecule has 0 saturated carbocycles. The summed E-state index contributed by atoms with van der Waals surface area (Å²) in [5.41, 5.74) is 1.44. The van der Waals surface area contributed by atoms with E-state index >= 15 is 0 Å². The van der Waals surface area contributed by atoms with E-state index in [0.29, 0.717) is 10.5 Å². The van der Waals surface area contributed by atoms with Gasteiger partial charge in [0, 0.05) is 23.6 Å². The van der Waals surface area contributed by atoms with Crippen molar-refractivity contribution in [1.29, 1.82) is 0 Å². The fraction of sp³-hybridized carbons (Fsp3) is 0.455. The molecular weight excluding hydrogens is 256 g/mol. The van der Waals surface area contributed by atoms with Crippen LogP contribution in [0.5, 0.6) is 0 Å². The molecule has 1 unspecified atom stereocenters. The number of hydrogen-bond donors (Lipinski definition) is 0. The lowest BCUT2D eigenvalue weighted by Gasteiger charge is -2.14. The second kappa shape index (κ2) is 4.31. The summed E-state index contributed by atoms with van der Waals surface area (Å²) in [5.74, 6) is 0.0423. The number of nitrogens with zero attached hydrogens (tertiary/aromatic N) is 2. The van der Waals surface area contributed by atoms with Gasteiger partial charge in [-0.05, 0) is 25.5 Å². The first-order valence-corrected chi connectivity index (χ1v) is 5.95. The summed E-state index contributed by atoms with van der Waals surface area (Å²) in [5, 5.41) is 0. The molecule has 0 N–H and O–H groups in total. The van der Waals surface area contributed by atoms with Crippen LogP contribution < -0.4 is 0 Å². The third-order valence-corrected chi connectivity index (χ3v) is 3.27. The molecule has 3 nitrogen and oxygen atoms in total. The zero-order chi connectivity index (χ0) is 10.8. The molecule has 4 heteroatoms. The number of halogens is 1. The maximum atomic E-state index is 12.0. The number of rotatable bonds is 1. The van der Waals surface area contributed by atoms with Crippen molar-refractivity contribution in [2.45, 2.75) is 18.2 Å². The van der Waals surface area contributed by atoms with Crippen LogP contribution >= 0.6 is 15.9 Å². The quantitative estimate of drug-likeness (QED) is 0.730. The van der Waals surface area contributed by atoms with Crippen molar-refractivity contribution in [2.24, 2.45) is 0 Å². The number of pyridine rings is 1. The molecule has 2 heterocycles. The number of carbonyl (C=O) groups is 1. The first-order valence-electron chi connectivity index (χ1n) is 5.04. The second-order valence-corrected chi connectivity index (χ2v) is 5.10. The van der Waals surface area contributed by atoms with Crippen molar-refractivity contribution in [3.05, 3.63) is 29.6 Å². The molecule has 0 spiro atoms. The summed E-state index contributed by atoms with van der Waals surface area (Å²) in [7, 11) is 0. The monoisotopic (exact) mass is 268 g/mol. The van der Waals surface area contributed by atoms with Gasteiger partial charge in [-0.1, -0.05) is 22.0 Å². The number of aromatic nitrogens is 1. The summed E-state index contributed by atoms with van der Waals surface area (Å²) in [6, 6.07) is 5.54. The Morgan fingerprint density at radius 3 is 3.00 bits per heavy atom. The minimum absolute atomic E-state index is 0.0423. The number of likely N-dealkylation sites (tertiary alicyclic amines) is 1. The van der Waals surface area contributed by atoms with E-state index in [1.54, 1.807) is 6.07 Å². The summed E-state index contributed by atoms with van der Waals surface area (Å²) in [4.78, 5) is 18.5. The molecule has 2 rings (SSSR count). The Kier molecular flexibility index (Phi) is 3.05. The highest BCUT2D eigenvalue weighted by Crippen LogP contribution is 2.18. The average Bonchev–Trinajstić information content (AvgIpc) is 2.64. The van der Waals surface area contributed by atoms with Crippen LogP contribution in [0.15, 0.2) is 18.2 Å². The van der Waals surface area contributed by atoms with E-state index in [0.717, 1.165) is 25.2 Å². The molecule has 1 aromatic heterocycles. The van der Waals surface area contributed by atoms with Gasteiger partial charge in [0.25, 0.3) is 5.91 Å². The normalized spacial score (nSPS) is 20.7. The minimum Gasteiger partial charge on any atom is -0.336 e. The highest BCUT2D eigenvalue weighted by molar-refractivity contribution is 9.09. The predicted molar refractivity (Wildman–Crippen MR) is 62.2 cm³/mol. The standard InChI is InChI=1S/C11H13BrN2O/c1-8-3-2-4-10(13-8)11(15)14-6-5-9(12)7-14/h2-4,9H,5-7H2,1H3. The molecule has 0 radical (unpaired) electrons. The second-order valence-electron chi connectivity index (χ2n) is 3.80. The van der Waals surface area contributed by atoms with Crippen LogP contribution in [0.2, 0.25) is 0 Å². The number of alkyl halides is 1. The van der Waals surface area contributed by atoms with Gasteiger partial charge in [0.15, 0.2) is 0 Å². The fourth-order valence-corrected chi connectivity index (χ4v) is 2.28. The smallest absolute Gasteiger partial charge is 0.272 e. The van der Waals surface area contributed by atoms with E-state index in [9.17, 15) is 4.79 Å². The number of aryl methyl sites for hydroxylation is 1. The molecular formula is C11H13BrN2O. The molecule has 80 valence electrons. The van der Waals surface area contributed by atoms with Crippen LogP contribution in [-0.2, 0) is 0 Å². The Morgan fingerprint density at radius 2 is 2.40 bits per heavy atom. The van der Waals surface area contributed by atoms with E-state index in [1.165, 1.54) is 0 Å². The predicted octanol–water partition coefficient (Wildman–Crippen LogP) is 2.00. The van der Waals surface area contributed by atoms with Gasteiger partial charge in [-0.2, -0.15) is 0 Å². The lowest BCUT2D eigenvalue weighted by atomic mass is 10.3. The van der Waals surface area contributed by atoms with Crippen LogP contribution in [-0.4, -0.2) is 33.7 Å². The average molecular weight is 269 g/mol. The lowest BCUT2D eigenvalue weighted by molar-refractivity contribution is 0.0787. The molecule has 1 saturated heterocycles. The van der Waals surface area contributed by atoms with Crippen molar-refractivity contribution < 1.29 is 4.79 Å². The van der Waals surface area contributed by atoms with Gasteiger partial charge in [0.05, 0.1) is 0 Å². The highest BCUT2D eigenvalue weighted by Gasteiger charge is 2.25. The summed E-state index contributed by atoms with van der Waals surface area (Å²) in [6.07, 6.45) is 1.03. The van der Waals surface area contributed by atoms with E-state index in [-0.39, 0.29) is 5.91 Å². The van der Waals surface area contributed by atoms with Crippen LogP contribution in [0, 0.1) is 6.92 Å². The van der Waals surface area contributed by atoms with Gasteiger partial charge in [0.1, 0.15) is 5.69 Å². The molecule has 1 fully saturated rings. The van der Waals surface area contributed by atoms with Gasteiger partial charge >= 0.3 is 0 Å². The van der Waals surface area contributed by atoms with Crippen molar-refractivity contribution in [3.8, 4) is 0 Å². The molecule has 1 amide bonds. The Morgan fingerprint density at radius 1 is 1.60 bits per heavy atom. The third-order valence-electron chi connectivity index (χ3n) is 2.53. The zero-order valence-corrected chi connectivity index (χ0v) is 10.2. The molecule has 1 aliphatic heterocycles. The Balaban J connectivity index is 2.14. The fourth-order valence-electron chi connectivity index (χ4n) is 1.73. The van der Waals surface area contributed by atoms with Crippen LogP contribution in [0.3, 0.4) is 0 Å². The van der Waals surface area contributed by atoms with Crippen LogP contribution in [0.4, 0.5) is 0 Å². The van der Waals surface area contributed by atoms with Crippen molar-refractivity contribution >= 4 is 21.8 Å². The minimum atomic E-state index is 0.0423. The Bertz CT molecular complexity index is 381. The van der Waals surface area contributed by atoms with E-state index in [4.69, 9.17) is 0 Å². The lowest BCUT2D eigenvalue weighted by Crippen LogP contribution is -2.29. The van der Waals surface area contributed by atoms with Crippen molar-refractivity contribution in [3.63, 3.8) is 0 Å². The summed E-state index contributed by atoms with van der Waals surface area (Å²) in [6.45, 7) is 3.51. The summed E-state index contributed by atoms with van der Waals surface area (Å²) < 4.78 is 0. The molecule has 0 aliphatic carbocycles. The first kappa shape index (κ1) is 10.6. The topological polar surface area (TPSA) is 33.2 Å². The Labute approximate surface area is 97.6 Å². The molecule has 15 heavy (non-hydrogen) atoms.